The lowest BCUT2D eigenvalue weighted by Crippen LogP contribution is -2.28. The van der Waals surface area contributed by atoms with E-state index in [-0.39, 0.29) is 5.41 Å². The van der Waals surface area contributed by atoms with Crippen molar-refractivity contribution < 1.29 is 0 Å². The maximum Gasteiger partial charge on any atom is 0.186 e. The topological polar surface area (TPSA) is 28.2 Å². The molecule has 1 N–H and O–H groups in total. The molecule has 2 aliphatic carbocycles. The van der Waals surface area contributed by atoms with Crippen molar-refractivity contribution in [1.29, 1.82) is 0 Å². The zero-order valence-corrected chi connectivity index (χ0v) is 14.0. The van der Waals surface area contributed by atoms with Gasteiger partial charge in [0.15, 0.2) is 5.13 Å². The number of thiazole rings is 1. The minimum absolute atomic E-state index is 0.135. The van der Waals surface area contributed by atoms with E-state index in [0.29, 0.717) is 0 Å². The van der Waals surface area contributed by atoms with Gasteiger partial charge in [0.05, 0.1) is 5.69 Å². The van der Waals surface area contributed by atoms with Crippen LogP contribution in [-0.4, -0.2) is 24.6 Å². The van der Waals surface area contributed by atoms with E-state index in [1.54, 1.807) is 0 Å². The first-order chi connectivity index (χ1) is 9.49. The van der Waals surface area contributed by atoms with E-state index in [4.69, 9.17) is 4.98 Å². The van der Waals surface area contributed by atoms with Crippen LogP contribution in [-0.2, 0) is 12.0 Å². The lowest BCUT2D eigenvalue weighted by atomic mass is 9.91. The summed E-state index contributed by atoms with van der Waals surface area (Å²) in [6.45, 7) is 8.99. The van der Waals surface area contributed by atoms with E-state index in [2.05, 4.69) is 31.0 Å². The first kappa shape index (κ1) is 14.3. The summed E-state index contributed by atoms with van der Waals surface area (Å²) >= 11 is 1.91. The molecule has 0 spiro atoms. The van der Waals surface area contributed by atoms with E-state index in [1.807, 2.05) is 18.4 Å². The van der Waals surface area contributed by atoms with Crippen LogP contribution in [0.15, 0.2) is 0 Å². The van der Waals surface area contributed by atoms with E-state index < -0.39 is 0 Å². The molecule has 0 aliphatic heterocycles. The Balaban J connectivity index is 1.87. The van der Waals surface area contributed by atoms with Gasteiger partial charge in [-0.25, -0.2) is 4.98 Å². The molecule has 4 heteroatoms. The second-order valence-corrected chi connectivity index (χ2v) is 8.44. The number of rotatable bonds is 6. The highest BCUT2D eigenvalue weighted by atomic mass is 32.1. The molecule has 112 valence electrons. The first-order valence-corrected chi connectivity index (χ1v) is 8.72. The fourth-order valence-corrected chi connectivity index (χ4v) is 4.04. The fourth-order valence-electron chi connectivity index (χ4n) is 2.68. The van der Waals surface area contributed by atoms with Gasteiger partial charge in [-0.1, -0.05) is 20.8 Å². The summed E-state index contributed by atoms with van der Waals surface area (Å²) < 4.78 is 0. The zero-order valence-electron chi connectivity index (χ0n) is 13.2. The van der Waals surface area contributed by atoms with Gasteiger partial charge in [0.2, 0.25) is 0 Å². The van der Waals surface area contributed by atoms with E-state index in [1.165, 1.54) is 47.9 Å². The average Bonchev–Trinajstić information content (AvgIpc) is 3.25. The van der Waals surface area contributed by atoms with Gasteiger partial charge >= 0.3 is 0 Å². The predicted octanol–water partition coefficient (Wildman–Crippen LogP) is 3.54. The van der Waals surface area contributed by atoms with Crippen LogP contribution in [0.25, 0.3) is 0 Å². The highest BCUT2D eigenvalue weighted by Crippen LogP contribution is 2.41. The SMILES string of the molecule is CNCc1sc(N(CC2CC2)C2CC2)nc1C(C)(C)C. The molecule has 1 aromatic heterocycles. The molecule has 3 rings (SSSR count). The quantitative estimate of drug-likeness (QED) is 0.869. The standard InChI is InChI=1S/C16H27N3S/c1-16(2,3)14-13(9-17-4)20-15(18-14)19(12-7-8-12)10-11-5-6-11/h11-12,17H,5-10H2,1-4H3. The summed E-state index contributed by atoms with van der Waals surface area (Å²) in [6.07, 6.45) is 5.56. The van der Waals surface area contributed by atoms with Gasteiger partial charge in [-0.2, -0.15) is 0 Å². The molecule has 20 heavy (non-hydrogen) atoms. The van der Waals surface area contributed by atoms with Gasteiger partial charge < -0.3 is 10.2 Å². The Morgan fingerprint density at radius 1 is 1.25 bits per heavy atom. The summed E-state index contributed by atoms with van der Waals surface area (Å²) in [5, 5.41) is 4.57. The van der Waals surface area contributed by atoms with Crippen LogP contribution in [0.4, 0.5) is 5.13 Å². The van der Waals surface area contributed by atoms with Crippen molar-refractivity contribution in [2.75, 3.05) is 18.5 Å². The Labute approximate surface area is 126 Å². The molecule has 2 fully saturated rings. The Morgan fingerprint density at radius 3 is 2.45 bits per heavy atom. The highest BCUT2D eigenvalue weighted by Gasteiger charge is 2.36. The molecule has 2 aliphatic rings. The average molecular weight is 293 g/mol. The number of hydrogen-bond donors (Lipinski definition) is 1. The van der Waals surface area contributed by atoms with Gasteiger partial charge in [0.25, 0.3) is 0 Å². The van der Waals surface area contributed by atoms with Gasteiger partial charge in [0.1, 0.15) is 0 Å². The fraction of sp³-hybridized carbons (Fsp3) is 0.812. The van der Waals surface area contributed by atoms with E-state index in [9.17, 15) is 0 Å². The van der Waals surface area contributed by atoms with Gasteiger partial charge in [-0.3, -0.25) is 0 Å². The predicted molar refractivity (Wildman–Crippen MR) is 86.7 cm³/mol. The maximum absolute atomic E-state index is 5.05. The summed E-state index contributed by atoms with van der Waals surface area (Å²) in [5.74, 6) is 0.935. The van der Waals surface area contributed by atoms with Crippen LogP contribution >= 0.6 is 11.3 Å². The number of nitrogens with zero attached hydrogens (tertiary/aromatic N) is 2. The molecule has 0 bridgehead atoms. The first-order valence-electron chi connectivity index (χ1n) is 7.90. The summed E-state index contributed by atoms with van der Waals surface area (Å²) in [6, 6.07) is 0.775. The highest BCUT2D eigenvalue weighted by molar-refractivity contribution is 7.15. The third-order valence-corrected chi connectivity index (χ3v) is 5.21. The third kappa shape index (κ3) is 3.17. The lowest BCUT2D eigenvalue weighted by Gasteiger charge is -2.21. The summed E-state index contributed by atoms with van der Waals surface area (Å²) in [7, 11) is 2.02. The zero-order chi connectivity index (χ0) is 14.3. The number of nitrogens with one attached hydrogen (secondary N) is 1. The smallest absolute Gasteiger partial charge is 0.186 e. The van der Waals surface area contributed by atoms with Crippen molar-refractivity contribution in [2.24, 2.45) is 5.92 Å². The van der Waals surface area contributed by atoms with Crippen LogP contribution < -0.4 is 10.2 Å². The molecule has 0 radical (unpaired) electrons. The minimum atomic E-state index is 0.135. The molecule has 0 atom stereocenters. The van der Waals surface area contributed by atoms with E-state index in [0.717, 1.165) is 18.5 Å². The van der Waals surface area contributed by atoms with Crippen LogP contribution in [0.3, 0.4) is 0 Å². The Bertz CT molecular complexity index is 467. The lowest BCUT2D eigenvalue weighted by molar-refractivity contribution is 0.562. The van der Waals surface area contributed by atoms with Crippen LogP contribution in [0, 0.1) is 5.92 Å². The second-order valence-electron chi connectivity index (χ2n) is 7.38. The molecule has 0 saturated heterocycles. The minimum Gasteiger partial charge on any atom is -0.345 e. The normalized spacial score (nSPS) is 19.4. The number of aromatic nitrogens is 1. The largest absolute Gasteiger partial charge is 0.345 e. The number of hydrogen-bond acceptors (Lipinski definition) is 4. The molecule has 1 heterocycles. The second kappa shape index (κ2) is 5.30. The van der Waals surface area contributed by atoms with Crippen molar-refractivity contribution in [3.63, 3.8) is 0 Å². The van der Waals surface area contributed by atoms with Gasteiger partial charge in [0, 0.05) is 29.4 Å². The molecule has 0 aromatic carbocycles. The Hall–Kier alpha value is -0.610. The van der Waals surface area contributed by atoms with Gasteiger partial charge in [-0.15, -0.1) is 11.3 Å². The Morgan fingerprint density at radius 2 is 1.95 bits per heavy atom. The van der Waals surface area contributed by atoms with Crippen molar-refractivity contribution >= 4 is 16.5 Å². The van der Waals surface area contributed by atoms with Gasteiger partial charge in [-0.05, 0) is 38.6 Å². The van der Waals surface area contributed by atoms with Crippen LogP contribution in [0.5, 0.6) is 0 Å². The third-order valence-electron chi connectivity index (χ3n) is 4.12. The van der Waals surface area contributed by atoms with Crippen molar-refractivity contribution in [1.82, 2.24) is 10.3 Å². The maximum atomic E-state index is 5.05. The summed E-state index contributed by atoms with van der Waals surface area (Å²) in [5.41, 5.74) is 1.42. The monoisotopic (exact) mass is 293 g/mol. The number of anilines is 1. The van der Waals surface area contributed by atoms with Crippen molar-refractivity contribution in [3.05, 3.63) is 10.6 Å². The molecular weight excluding hydrogens is 266 g/mol. The molecule has 2 saturated carbocycles. The van der Waals surface area contributed by atoms with Crippen molar-refractivity contribution in [3.8, 4) is 0 Å². The van der Waals surface area contributed by atoms with Crippen LogP contribution in [0.1, 0.15) is 57.0 Å². The van der Waals surface area contributed by atoms with E-state index >= 15 is 0 Å². The molecule has 0 amide bonds. The van der Waals surface area contributed by atoms with Crippen LogP contribution in [0.2, 0.25) is 0 Å². The molecule has 0 unspecified atom stereocenters. The van der Waals surface area contributed by atoms with Crippen molar-refractivity contribution in [2.45, 2.75) is 64.5 Å². The molecule has 3 nitrogen and oxygen atoms in total. The molecule has 1 aromatic rings. The molecular formula is C16H27N3S. The summed E-state index contributed by atoms with van der Waals surface area (Å²) in [4.78, 5) is 9.07. The Kier molecular flexibility index (Phi) is 3.80.